The lowest BCUT2D eigenvalue weighted by Gasteiger charge is -2.48. The van der Waals surface area contributed by atoms with E-state index in [0.717, 1.165) is 28.9 Å². The van der Waals surface area contributed by atoms with Gasteiger partial charge in [0.2, 0.25) is 0 Å². The van der Waals surface area contributed by atoms with E-state index in [1.54, 1.807) is 41.5 Å². The highest BCUT2D eigenvalue weighted by Crippen LogP contribution is 2.52. The third-order valence-electron chi connectivity index (χ3n) is 6.84. The third-order valence-corrected chi connectivity index (χ3v) is 9.99. The van der Waals surface area contributed by atoms with Crippen LogP contribution in [0.25, 0.3) is 0 Å². The quantitative estimate of drug-likeness (QED) is 0.155. The molecule has 39 heavy (non-hydrogen) atoms. The number of halogens is 2. The molecule has 8 nitrogen and oxygen atoms in total. The summed E-state index contributed by atoms with van der Waals surface area (Å²) in [6.45, 7) is 17.2. The van der Waals surface area contributed by atoms with E-state index in [0.29, 0.717) is 6.61 Å². The zero-order chi connectivity index (χ0) is 30.0. The van der Waals surface area contributed by atoms with E-state index in [4.69, 9.17) is 19.3 Å². The molecule has 0 radical (unpaired) electrons. The molecule has 0 bridgehead atoms. The standard InChI is InChI=1S/C27H43F2N3O5SSi/c1-18-26(5,19-13-12-14-20(28)21(19)29)30-23(38-27(18,6)22(33)31(7)35-8)32(24(34)37-25(2,3)4)17-36-15-16-39(9,10)11/h12-14,18H,15-17H2,1-11H3/t18-,26-,27-/m0/s1. The average molecular weight is 588 g/mol. The van der Waals surface area contributed by atoms with Crippen molar-refractivity contribution >= 4 is 37.0 Å². The molecule has 1 aliphatic rings. The van der Waals surface area contributed by atoms with Crippen molar-refractivity contribution in [2.24, 2.45) is 10.9 Å². The lowest BCUT2D eigenvalue weighted by atomic mass is 9.73. The van der Waals surface area contributed by atoms with Crippen LogP contribution in [0.2, 0.25) is 25.7 Å². The predicted octanol–water partition coefficient (Wildman–Crippen LogP) is 6.25. The number of hydrogen-bond donors (Lipinski definition) is 0. The second-order valence-corrected chi connectivity index (χ2v) is 19.4. The number of carbonyl (C=O) groups excluding carboxylic acids is 2. The fourth-order valence-electron chi connectivity index (χ4n) is 4.10. The van der Waals surface area contributed by atoms with Crippen LogP contribution in [0.15, 0.2) is 23.2 Å². The molecular formula is C27H43F2N3O5SSi. The molecule has 2 rings (SSSR count). The van der Waals surface area contributed by atoms with E-state index in [9.17, 15) is 14.0 Å². The molecule has 0 unspecified atom stereocenters. The molecule has 1 aliphatic heterocycles. The first-order chi connectivity index (χ1) is 17.8. The van der Waals surface area contributed by atoms with Crippen LogP contribution in [0.5, 0.6) is 0 Å². The topological polar surface area (TPSA) is 80.7 Å². The Morgan fingerprint density at radius 1 is 1.18 bits per heavy atom. The van der Waals surface area contributed by atoms with Gasteiger partial charge in [-0.3, -0.25) is 14.6 Å². The Kier molecular flexibility index (Phi) is 10.4. The first-order valence-electron chi connectivity index (χ1n) is 12.9. The molecule has 0 saturated carbocycles. The minimum absolute atomic E-state index is 0.0318. The predicted molar refractivity (Wildman–Crippen MR) is 153 cm³/mol. The van der Waals surface area contributed by atoms with Crippen molar-refractivity contribution in [3.05, 3.63) is 35.4 Å². The first kappa shape index (κ1) is 33.2. The van der Waals surface area contributed by atoms with Crippen LogP contribution in [0.3, 0.4) is 0 Å². The van der Waals surface area contributed by atoms with E-state index in [1.807, 2.05) is 0 Å². The monoisotopic (exact) mass is 587 g/mol. The molecule has 0 N–H and O–H groups in total. The summed E-state index contributed by atoms with van der Waals surface area (Å²) >= 11 is 1.04. The Bertz CT molecular complexity index is 1090. The minimum atomic E-state index is -1.44. The Balaban J connectivity index is 2.70. The number of nitrogens with zero attached hydrogens (tertiary/aromatic N) is 3. The molecule has 1 aromatic carbocycles. The van der Waals surface area contributed by atoms with Crippen molar-refractivity contribution in [2.75, 3.05) is 27.5 Å². The second-order valence-electron chi connectivity index (χ2n) is 12.3. The molecule has 0 saturated heterocycles. The number of carbonyl (C=O) groups is 2. The Hall–Kier alpha value is -2.02. The number of ether oxygens (including phenoxy) is 2. The van der Waals surface area contributed by atoms with Gasteiger partial charge < -0.3 is 9.47 Å². The van der Waals surface area contributed by atoms with Crippen LogP contribution < -0.4 is 0 Å². The molecule has 0 spiro atoms. The highest BCUT2D eigenvalue weighted by molar-refractivity contribution is 8.15. The maximum absolute atomic E-state index is 15.3. The van der Waals surface area contributed by atoms with Crippen molar-refractivity contribution in [1.82, 2.24) is 9.96 Å². The highest BCUT2D eigenvalue weighted by Gasteiger charge is 2.56. The SMILES string of the molecule is CON(C)C(=O)[C@@]1(C)SC(N(COCC[Si](C)(C)C)C(=O)OC(C)(C)C)=N[C@](C)(c2cccc(F)c2F)[C@@H]1C. The molecule has 1 aromatic rings. The van der Waals surface area contributed by atoms with E-state index < -0.39 is 53.5 Å². The molecule has 12 heteroatoms. The van der Waals surface area contributed by atoms with Gasteiger partial charge >= 0.3 is 6.09 Å². The van der Waals surface area contributed by atoms with Crippen molar-refractivity contribution in [1.29, 1.82) is 0 Å². The number of amidine groups is 1. The number of benzene rings is 1. The lowest BCUT2D eigenvalue weighted by molar-refractivity contribution is -0.173. The van der Waals surface area contributed by atoms with Gasteiger partial charge in [-0.25, -0.2) is 23.5 Å². The summed E-state index contributed by atoms with van der Waals surface area (Å²) in [4.78, 5) is 38.4. The van der Waals surface area contributed by atoms with Gasteiger partial charge in [0.15, 0.2) is 16.8 Å². The Morgan fingerprint density at radius 2 is 1.79 bits per heavy atom. The summed E-state index contributed by atoms with van der Waals surface area (Å²) in [5.74, 6) is -3.18. The van der Waals surface area contributed by atoms with Gasteiger partial charge in [-0.15, -0.1) is 0 Å². The average Bonchev–Trinajstić information content (AvgIpc) is 2.81. The van der Waals surface area contributed by atoms with E-state index in [1.165, 1.54) is 31.2 Å². The van der Waals surface area contributed by atoms with E-state index >= 15 is 4.39 Å². The highest BCUT2D eigenvalue weighted by atomic mass is 32.2. The van der Waals surface area contributed by atoms with Crippen molar-refractivity contribution in [3.8, 4) is 0 Å². The third kappa shape index (κ3) is 7.80. The molecule has 3 atom stereocenters. The summed E-state index contributed by atoms with van der Waals surface area (Å²) in [5, 5.41) is 1.18. The molecular weight excluding hydrogens is 544 g/mol. The van der Waals surface area contributed by atoms with Gasteiger partial charge in [0, 0.05) is 33.2 Å². The van der Waals surface area contributed by atoms with Crippen LogP contribution in [-0.2, 0) is 24.6 Å². The number of thioether (sulfide) groups is 1. The smallest absolute Gasteiger partial charge is 0.418 e. The lowest BCUT2D eigenvalue weighted by Crippen LogP contribution is -2.58. The van der Waals surface area contributed by atoms with Crippen molar-refractivity contribution < 1.29 is 32.7 Å². The molecule has 2 amide bonds. The van der Waals surface area contributed by atoms with Crippen molar-refractivity contribution in [3.63, 3.8) is 0 Å². The van der Waals surface area contributed by atoms with Crippen LogP contribution >= 0.6 is 11.8 Å². The summed E-state index contributed by atoms with van der Waals surface area (Å²) in [5.41, 5.74) is -2.30. The van der Waals surface area contributed by atoms with Crippen LogP contribution in [0, 0.1) is 17.6 Å². The first-order valence-corrected chi connectivity index (χ1v) is 17.4. The van der Waals surface area contributed by atoms with Gasteiger partial charge in [0.1, 0.15) is 17.1 Å². The number of rotatable bonds is 8. The van der Waals surface area contributed by atoms with Gasteiger partial charge in [-0.1, -0.05) is 50.5 Å². The molecule has 0 fully saturated rings. The zero-order valence-corrected chi connectivity index (χ0v) is 26.8. The molecule has 0 aromatic heterocycles. The Morgan fingerprint density at radius 3 is 2.33 bits per heavy atom. The molecule has 0 aliphatic carbocycles. The zero-order valence-electron chi connectivity index (χ0n) is 25.0. The maximum Gasteiger partial charge on any atom is 0.418 e. The van der Waals surface area contributed by atoms with Crippen molar-refractivity contribution in [2.45, 2.75) is 83.1 Å². The number of amides is 2. The second kappa shape index (κ2) is 12.2. The summed E-state index contributed by atoms with van der Waals surface area (Å²) < 4.78 is 39.9. The van der Waals surface area contributed by atoms with Gasteiger partial charge in [-0.2, -0.15) is 0 Å². The van der Waals surface area contributed by atoms with E-state index in [-0.39, 0.29) is 17.5 Å². The number of hydroxylamine groups is 2. The maximum atomic E-state index is 15.3. The largest absolute Gasteiger partial charge is 0.443 e. The van der Waals surface area contributed by atoms with E-state index in [2.05, 4.69) is 19.6 Å². The van der Waals surface area contributed by atoms with Crippen LogP contribution in [0.4, 0.5) is 13.6 Å². The summed E-state index contributed by atoms with van der Waals surface area (Å²) in [6, 6.07) is 4.73. The Labute approximate surface area is 236 Å². The fraction of sp³-hybridized carbons (Fsp3) is 0.667. The fourth-order valence-corrected chi connectivity index (χ4v) is 6.33. The number of aliphatic imine (C=N–C) groups is 1. The van der Waals surface area contributed by atoms with Gasteiger partial charge in [-0.05, 0) is 46.7 Å². The van der Waals surface area contributed by atoms with Gasteiger partial charge in [0.05, 0.1) is 12.6 Å². The normalized spacial score (nSPS) is 23.7. The summed E-state index contributed by atoms with van der Waals surface area (Å²) in [6.07, 6.45) is -0.728. The minimum Gasteiger partial charge on any atom is -0.443 e. The molecule has 1 heterocycles. The molecule has 220 valence electrons. The van der Waals surface area contributed by atoms with Crippen LogP contribution in [0.1, 0.15) is 47.1 Å². The van der Waals surface area contributed by atoms with Gasteiger partial charge in [0.25, 0.3) is 5.91 Å². The number of hydrogen-bond acceptors (Lipinski definition) is 7. The summed E-state index contributed by atoms with van der Waals surface area (Å²) in [7, 11) is 1.42. The van der Waals surface area contributed by atoms with Crippen LogP contribution in [-0.4, -0.2) is 73.0 Å².